The van der Waals surface area contributed by atoms with Crippen molar-refractivity contribution >= 4 is 5.97 Å². The SMILES string of the molecule is CCOC(=O)CNCc1cncc(C)c1. The van der Waals surface area contributed by atoms with Crippen LogP contribution in [0.5, 0.6) is 0 Å². The molecule has 0 spiro atoms. The monoisotopic (exact) mass is 208 g/mol. The Bertz CT molecular complexity index is 326. The number of nitrogens with zero attached hydrogens (tertiary/aromatic N) is 1. The third-order valence-corrected chi connectivity index (χ3v) is 1.84. The van der Waals surface area contributed by atoms with Crippen LogP contribution in [0, 0.1) is 6.92 Å². The first-order chi connectivity index (χ1) is 7.22. The number of aryl methyl sites for hydroxylation is 1. The fraction of sp³-hybridized carbons (Fsp3) is 0.455. The summed E-state index contributed by atoms with van der Waals surface area (Å²) in [6.07, 6.45) is 3.58. The predicted octanol–water partition coefficient (Wildman–Crippen LogP) is 1.04. The highest BCUT2D eigenvalue weighted by molar-refractivity contribution is 5.71. The lowest BCUT2D eigenvalue weighted by atomic mass is 10.2. The van der Waals surface area contributed by atoms with Crippen LogP contribution in [0.4, 0.5) is 0 Å². The number of ether oxygens (including phenoxy) is 1. The second-order valence-corrected chi connectivity index (χ2v) is 3.28. The number of aromatic nitrogens is 1. The standard InChI is InChI=1S/C11H16N2O2/c1-3-15-11(14)8-13-7-10-4-9(2)5-12-6-10/h4-6,13H,3,7-8H2,1-2H3. The summed E-state index contributed by atoms with van der Waals surface area (Å²) in [5.41, 5.74) is 2.18. The molecule has 0 fully saturated rings. The van der Waals surface area contributed by atoms with Crippen molar-refractivity contribution in [3.05, 3.63) is 29.6 Å². The number of hydrogen-bond acceptors (Lipinski definition) is 4. The van der Waals surface area contributed by atoms with E-state index in [2.05, 4.69) is 10.3 Å². The largest absolute Gasteiger partial charge is 0.465 e. The van der Waals surface area contributed by atoms with Gasteiger partial charge in [0.05, 0.1) is 13.2 Å². The van der Waals surface area contributed by atoms with E-state index in [0.717, 1.165) is 11.1 Å². The lowest BCUT2D eigenvalue weighted by Crippen LogP contribution is -2.24. The molecule has 0 saturated heterocycles. The predicted molar refractivity (Wildman–Crippen MR) is 57.3 cm³/mol. The zero-order chi connectivity index (χ0) is 11.1. The third kappa shape index (κ3) is 4.56. The smallest absolute Gasteiger partial charge is 0.319 e. The molecule has 1 rings (SSSR count). The van der Waals surface area contributed by atoms with Crippen LogP contribution >= 0.6 is 0 Å². The van der Waals surface area contributed by atoms with E-state index in [0.29, 0.717) is 13.2 Å². The third-order valence-electron chi connectivity index (χ3n) is 1.84. The second-order valence-electron chi connectivity index (χ2n) is 3.28. The number of nitrogens with one attached hydrogen (secondary N) is 1. The fourth-order valence-electron chi connectivity index (χ4n) is 1.24. The van der Waals surface area contributed by atoms with Gasteiger partial charge in [0.25, 0.3) is 0 Å². The summed E-state index contributed by atoms with van der Waals surface area (Å²) in [6.45, 7) is 5.08. The molecular weight excluding hydrogens is 192 g/mol. The van der Waals surface area contributed by atoms with E-state index in [-0.39, 0.29) is 12.5 Å². The number of pyridine rings is 1. The van der Waals surface area contributed by atoms with E-state index in [1.54, 1.807) is 19.3 Å². The van der Waals surface area contributed by atoms with Crippen LogP contribution in [-0.4, -0.2) is 24.1 Å². The Morgan fingerprint density at radius 3 is 3.00 bits per heavy atom. The van der Waals surface area contributed by atoms with Crippen LogP contribution in [-0.2, 0) is 16.1 Å². The number of hydrogen-bond donors (Lipinski definition) is 1. The summed E-state index contributed by atoms with van der Waals surface area (Å²) in [6, 6.07) is 2.03. The van der Waals surface area contributed by atoms with Crippen LogP contribution in [0.2, 0.25) is 0 Å². The minimum Gasteiger partial charge on any atom is -0.465 e. The van der Waals surface area contributed by atoms with Crippen molar-refractivity contribution in [3.8, 4) is 0 Å². The average Bonchev–Trinajstić information content (AvgIpc) is 2.18. The molecule has 4 nitrogen and oxygen atoms in total. The van der Waals surface area contributed by atoms with E-state index < -0.39 is 0 Å². The summed E-state index contributed by atoms with van der Waals surface area (Å²) in [7, 11) is 0. The van der Waals surface area contributed by atoms with Gasteiger partial charge in [-0.15, -0.1) is 0 Å². The Balaban J connectivity index is 2.28. The summed E-state index contributed by atoms with van der Waals surface area (Å²) >= 11 is 0. The summed E-state index contributed by atoms with van der Waals surface area (Å²) in [5.74, 6) is -0.224. The van der Waals surface area contributed by atoms with Gasteiger partial charge in [0.2, 0.25) is 0 Å². The molecular formula is C11H16N2O2. The molecule has 0 unspecified atom stereocenters. The Morgan fingerprint density at radius 2 is 2.33 bits per heavy atom. The van der Waals surface area contributed by atoms with Crippen LogP contribution in [0.25, 0.3) is 0 Å². The normalized spacial score (nSPS) is 10.0. The molecule has 0 amide bonds. The molecule has 15 heavy (non-hydrogen) atoms. The number of rotatable bonds is 5. The fourth-order valence-corrected chi connectivity index (χ4v) is 1.24. The molecule has 1 aromatic rings. The highest BCUT2D eigenvalue weighted by Gasteiger charge is 2.00. The summed E-state index contributed by atoms with van der Waals surface area (Å²) in [5, 5.41) is 3.00. The maximum absolute atomic E-state index is 11.0. The van der Waals surface area contributed by atoms with Crippen LogP contribution in [0.1, 0.15) is 18.1 Å². The molecule has 0 bridgehead atoms. The zero-order valence-corrected chi connectivity index (χ0v) is 9.12. The van der Waals surface area contributed by atoms with Crippen molar-refractivity contribution < 1.29 is 9.53 Å². The van der Waals surface area contributed by atoms with Gasteiger partial charge in [-0.25, -0.2) is 0 Å². The highest BCUT2D eigenvalue weighted by Crippen LogP contribution is 1.99. The Labute approximate surface area is 89.7 Å². The van der Waals surface area contributed by atoms with E-state index in [9.17, 15) is 4.79 Å². The van der Waals surface area contributed by atoms with Gasteiger partial charge in [-0.05, 0) is 25.0 Å². The van der Waals surface area contributed by atoms with Gasteiger partial charge >= 0.3 is 5.97 Å². The van der Waals surface area contributed by atoms with Crippen molar-refractivity contribution in [3.63, 3.8) is 0 Å². The van der Waals surface area contributed by atoms with Crippen molar-refractivity contribution in [2.45, 2.75) is 20.4 Å². The second kappa shape index (κ2) is 6.14. The first kappa shape index (κ1) is 11.7. The topological polar surface area (TPSA) is 51.2 Å². The molecule has 0 atom stereocenters. The molecule has 0 saturated carbocycles. The van der Waals surface area contributed by atoms with Gasteiger partial charge in [-0.3, -0.25) is 9.78 Å². The van der Waals surface area contributed by atoms with Gasteiger partial charge < -0.3 is 10.1 Å². The number of carbonyl (C=O) groups is 1. The van der Waals surface area contributed by atoms with Gasteiger partial charge in [0, 0.05) is 18.9 Å². The van der Waals surface area contributed by atoms with Crippen molar-refractivity contribution in [2.75, 3.05) is 13.2 Å². The van der Waals surface area contributed by atoms with Gasteiger partial charge in [0.1, 0.15) is 0 Å². The maximum Gasteiger partial charge on any atom is 0.319 e. The summed E-state index contributed by atoms with van der Waals surface area (Å²) in [4.78, 5) is 15.1. The van der Waals surface area contributed by atoms with E-state index in [4.69, 9.17) is 4.74 Å². The molecule has 1 aromatic heterocycles. The molecule has 82 valence electrons. The summed E-state index contributed by atoms with van der Waals surface area (Å²) < 4.78 is 4.79. The molecule has 0 aliphatic heterocycles. The molecule has 0 aliphatic carbocycles. The van der Waals surface area contributed by atoms with E-state index in [1.165, 1.54) is 0 Å². The molecule has 0 aliphatic rings. The minimum atomic E-state index is -0.224. The Morgan fingerprint density at radius 1 is 1.53 bits per heavy atom. The van der Waals surface area contributed by atoms with Gasteiger partial charge in [-0.1, -0.05) is 6.07 Å². The molecule has 0 radical (unpaired) electrons. The van der Waals surface area contributed by atoms with Crippen LogP contribution in [0.15, 0.2) is 18.5 Å². The zero-order valence-electron chi connectivity index (χ0n) is 9.12. The number of esters is 1. The van der Waals surface area contributed by atoms with Crippen molar-refractivity contribution in [2.24, 2.45) is 0 Å². The first-order valence-corrected chi connectivity index (χ1v) is 4.99. The first-order valence-electron chi connectivity index (χ1n) is 4.99. The Kier molecular flexibility index (Phi) is 4.77. The van der Waals surface area contributed by atoms with Crippen LogP contribution in [0.3, 0.4) is 0 Å². The lowest BCUT2D eigenvalue weighted by molar-refractivity contribution is -0.142. The van der Waals surface area contributed by atoms with Gasteiger partial charge in [0.15, 0.2) is 0 Å². The van der Waals surface area contributed by atoms with Crippen molar-refractivity contribution in [1.82, 2.24) is 10.3 Å². The van der Waals surface area contributed by atoms with Crippen LogP contribution < -0.4 is 5.32 Å². The number of carbonyl (C=O) groups excluding carboxylic acids is 1. The van der Waals surface area contributed by atoms with E-state index in [1.807, 2.05) is 13.0 Å². The molecule has 4 heteroatoms. The highest BCUT2D eigenvalue weighted by atomic mass is 16.5. The van der Waals surface area contributed by atoms with Gasteiger partial charge in [-0.2, -0.15) is 0 Å². The molecule has 1 N–H and O–H groups in total. The molecule has 0 aromatic carbocycles. The minimum absolute atomic E-state index is 0.224. The Hall–Kier alpha value is -1.42. The average molecular weight is 208 g/mol. The maximum atomic E-state index is 11.0. The van der Waals surface area contributed by atoms with Crippen molar-refractivity contribution in [1.29, 1.82) is 0 Å². The van der Waals surface area contributed by atoms with E-state index >= 15 is 0 Å². The quantitative estimate of drug-likeness (QED) is 0.735. The molecule has 1 heterocycles. The lowest BCUT2D eigenvalue weighted by Gasteiger charge is -2.04.